The van der Waals surface area contributed by atoms with Crippen molar-refractivity contribution < 1.29 is 14.4 Å². The predicted molar refractivity (Wildman–Crippen MR) is 132 cm³/mol. The lowest BCUT2D eigenvalue weighted by Gasteiger charge is -2.21. The fourth-order valence-electron chi connectivity index (χ4n) is 3.28. The molecule has 7 nitrogen and oxygen atoms in total. The minimum Gasteiger partial charge on any atom is -0.376 e. The molecule has 3 rings (SSSR count). The zero-order chi connectivity index (χ0) is 23.8. The summed E-state index contributed by atoms with van der Waals surface area (Å²) in [5.41, 5.74) is 3.31. The minimum absolute atomic E-state index is 0.0687. The molecule has 0 saturated carbocycles. The molecule has 3 amide bonds. The highest BCUT2D eigenvalue weighted by Gasteiger charge is 2.16. The van der Waals surface area contributed by atoms with Gasteiger partial charge in [0.05, 0.1) is 6.54 Å². The first kappa shape index (κ1) is 23.5. The van der Waals surface area contributed by atoms with Crippen LogP contribution in [0.25, 0.3) is 0 Å². The van der Waals surface area contributed by atoms with Gasteiger partial charge < -0.3 is 20.4 Å². The van der Waals surface area contributed by atoms with Gasteiger partial charge in [0, 0.05) is 48.8 Å². The average Bonchev–Trinajstić information content (AvgIpc) is 2.84. The largest absolute Gasteiger partial charge is 0.376 e. The van der Waals surface area contributed by atoms with Crippen molar-refractivity contribution in [3.8, 4) is 0 Å². The maximum atomic E-state index is 12.9. The molecular weight excluding hydrogens is 416 g/mol. The van der Waals surface area contributed by atoms with Crippen molar-refractivity contribution in [1.29, 1.82) is 0 Å². The van der Waals surface area contributed by atoms with E-state index in [1.807, 2.05) is 37.3 Å². The molecule has 2 N–H and O–H groups in total. The number of amides is 3. The molecule has 0 unspecified atom stereocenters. The third kappa shape index (κ3) is 6.20. The van der Waals surface area contributed by atoms with Gasteiger partial charge in [-0.1, -0.05) is 18.2 Å². The van der Waals surface area contributed by atoms with Crippen LogP contribution in [0.4, 0.5) is 17.1 Å². The second kappa shape index (κ2) is 10.9. The lowest BCUT2D eigenvalue weighted by Crippen LogP contribution is -2.30. The number of hydrogen-bond donors (Lipinski definition) is 2. The number of benzene rings is 3. The minimum atomic E-state index is -0.220. The van der Waals surface area contributed by atoms with Crippen LogP contribution in [0.5, 0.6) is 0 Å². The molecular formula is C26H28N4O3. The second-order valence-corrected chi connectivity index (χ2v) is 7.64. The van der Waals surface area contributed by atoms with E-state index in [4.69, 9.17) is 0 Å². The Balaban J connectivity index is 1.54. The highest BCUT2D eigenvalue weighted by molar-refractivity contribution is 6.06. The first-order valence-electron chi connectivity index (χ1n) is 10.7. The van der Waals surface area contributed by atoms with Crippen LogP contribution in [0.3, 0.4) is 0 Å². The highest BCUT2D eigenvalue weighted by atomic mass is 16.2. The average molecular weight is 445 g/mol. The molecule has 0 aliphatic carbocycles. The van der Waals surface area contributed by atoms with Crippen LogP contribution >= 0.6 is 0 Å². The molecule has 0 aliphatic heterocycles. The summed E-state index contributed by atoms with van der Waals surface area (Å²) in [6.45, 7) is 2.55. The van der Waals surface area contributed by atoms with Crippen molar-refractivity contribution in [2.75, 3.05) is 42.7 Å². The van der Waals surface area contributed by atoms with E-state index in [2.05, 4.69) is 10.6 Å². The maximum absolute atomic E-state index is 12.9. The topological polar surface area (TPSA) is 81.8 Å². The zero-order valence-electron chi connectivity index (χ0n) is 19.0. The summed E-state index contributed by atoms with van der Waals surface area (Å²) in [7, 11) is 3.40. The first-order chi connectivity index (χ1) is 15.9. The summed E-state index contributed by atoms with van der Waals surface area (Å²) in [6.07, 6.45) is 0. The summed E-state index contributed by atoms with van der Waals surface area (Å²) in [6, 6.07) is 23.3. The van der Waals surface area contributed by atoms with Crippen LogP contribution in [0.2, 0.25) is 0 Å². The van der Waals surface area contributed by atoms with Gasteiger partial charge in [0.1, 0.15) is 0 Å². The monoisotopic (exact) mass is 444 g/mol. The van der Waals surface area contributed by atoms with E-state index >= 15 is 0 Å². The third-order valence-corrected chi connectivity index (χ3v) is 5.04. The summed E-state index contributed by atoms with van der Waals surface area (Å²) in [4.78, 5) is 40.3. The molecule has 3 aromatic rings. The number of nitrogens with zero attached hydrogens (tertiary/aromatic N) is 2. The molecule has 0 aromatic heterocycles. The molecule has 0 saturated heterocycles. The number of carbonyl (C=O) groups is 3. The maximum Gasteiger partial charge on any atom is 0.258 e. The van der Waals surface area contributed by atoms with Crippen molar-refractivity contribution in [1.82, 2.24) is 4.90 Å². The number of nitrogens with one attached hydrogen (secondary N) is 2. The van der Waals surface area contributed by atoms with Gasteiger partial charge in [-0.2, -0.15) is 0 Å². The van der Waals surface area contributed by atoms with E-state index in [0.717, 1.165) is 11.4 Å². The Kier molecular flexibility index (Phi) is 7.81. The lowest BCUT2D eigenvalue weighted by molar-refractivity contribution is -0.114. The number of hydrogen-bond acceptors (Lipinski definition) is 4. The Morgan fingerprint density at radius 1 is 0.727 bits per heavy atom. The number of carbonyl (C=O) groups excluding carboxylic acids is 3. The summed E-state index contributed by atoms with van der Waals surface area (Å²) in [5, 5.41) is 5.84. The van der Waals surface area contributed by atoms with Gasteiger partial charge >= 0.3 is 0 Å². The highest BCUT2D eigenvalue weighted by Crippen LogP contribution is 2.18. The summed E-state index contributed by atoms with van der Waals surface area (Å²) < 4.78 is 0. The van der Waals surface area contributed by atoms with E-state index < -0.39 is 0 Å². The SMILES string of the molecule is CCN(C(=O)c1ccc(NC(=O)CNc2ccc(C(=O)N(C)C)cc2)cc1)c1ccccc1. The van der Waals surface area contributed by atoms with Crippen LogP contribution in [0.1, 0.15) is 27.6 Å². The van der Waals surface area contributed by atoms with Crippen molar-refractivity contribution in [3.05, 3.63) is 90.0 Å². The van der Waals surface area contributed by atoms with Gasteiger partial charge in [-0.25, -0.2) is 0 Å². The van der Waals surface area contributed by atoms with Crippen molar-refractivity contribution in [3.63, 3.8) is 0 Å². The Morgan fingerprint density at radius 3 is 1.82 bits per heavy atom. The number of rotatable bonds is 8. The zero-order valence-corrected chi connectivity index (χ0v) is 19.0. The molecule has 7 heteroatoms. The van der Waals surface area contributed by atoms with Gasteiger partial charge in [0.15, 0.2) is 0 Å². The van der Waals surface area contributed by atoms with Crippen LogP contribution in [-0.2, 0) is 4.79 Å². The Labute approximate surface area is 194 Å². The smallest absolute Gasteiger partial charge is 0.258 e. The molecule has 0 aliphatic rings. The Bertz CT molecular complexity index is 1090. The lowest BCUT2D eigenvalue weighted by atomic mass is 10.1. The molecule has 170 valence electrons. The number of para-hydroxylation sites is 1. The van der Waals surface area contributed by atoms with E-state index in [-0.39, 0.29) is 24.3 Å². The quantitative estimate of drug-likeness (QED) is 0.548. The van der Waals surface area contributed by atoms with Gasteiger partial charge in [-0.15, -0.1) is 0 Å². The molecule has 0 fully saturated rings. The molecule has 0 atom stereocenters. The fraction of sp³-hybridized carbons (Fsp3) is 0.192. The summed E-state index contributed by atoms with van der Waals surface area (Å²) in [5.74, 6) is -0.395. The predicted octanol–water partition coefficient (Wildman–Crippen LogP) is 4.11. The van der Waals surface area contributed by atoms with Gasteiger partial charge in [0.2, 0.25) is 5.91 Å². The van der Waals surface area contributed by atoms with E-state index in [9.17, 15) is 14.4 Å². The molecule has 3 aromatic carbocycles. The summed E-state index contributed by atoms with van der Waals surface area (Å²) >= 11 is 0. The van der Waals surface area contributed by atoms with Crippen molar-refractivity contribution in [2.45, 2.75) is 6.92 Å². The Hall–Kier alpha value is -4.13. The van der Waals surface area contributed by atoms with Gasteiger partial charge in [-0.3, -0.25) is 14.4 Å². The molecule has 0 bridgehead atoms. The third-order valence-electron chi connectivity index (χ3n) is 5.04. The van der Waals surface area contributed by atoms with Crippen LogP contribution in [-0.4, -0.2) is 49.8 Å². The number of anilines is 3. The van der Waals surface area contributed by atoms with Crippen molar-refractivity contribution in [2.24, 2.45) is 0 Å². The molecule has 0 spiro atoms. The molecule has 0 heterocycles. The van der Waals surface area contributed by atoms with E-state index in [0.29, 0.717) is 23.4 Å². The standard InChI is InChI=1S/C26H28N4O3/c1-4-30(23-8-6-5-7-9-23)26(33)20-12-16-22(17-13-20)28-24(31)18-27-21-14-10-19(11-15-21)25(32)29(2)3/h5-17,27H,4,18H2,1-3H3,(H,28,31). The van der Waals surface area contributed by atoms with Crippen molar-refractivity contribution >= 4 is 34.8 Å². The van der Waals surface area contributed by atoms with Gasteiger partial charge in [0.25, 0.3) is 11.8 Å². The van der Waals surface area contributed by atoms with E-state index in [1.165, 1.54) is 4.90 Å². The van der Waals surface area contributed by atoms with E-state index in [1.54, 1.807) is 67.5 Å². The van der Waals surface area contributed by atoms with Crippen LogP contribution in [0.15, 0.2) is 78.9 Å². The Morgan fingerprint density at radius 2 is 1.27 bits per heavy atom. The molecule has 0 radical (unpaired) electrons. The molecule has 33 heavy (non-hydrogen) atoms. The first-order valence-corrected chi connectivity index (χ1v) is 10.7. The van der Waals surface area contributed by atoms with Crippen LogP contribution in [0, 0.1) is 0 Å². The second-order valence-electron chi connectivity index (χ2n) is 7.64. The normalized spacial score (nSPS) is 10.3. The van der Waals surface area contributed by atoms with Crippen LogP contribution < -0.4 is 15.5 Å². The fourth-order valence-corrected chi connectivity index (χ4v) is 3.28. The van der Waals surface area contributed by atoms with Gasteiger partial charge in [-0.05, 0) is 67.6 Å².